The van der Waals surface area contributed by atoms with Gasteiger partial charge >= 0.3 is 0 Å². The molecule has 1 aliphatic heterocycles. The summed E-state index contributed by atoms with van der Waals surface area (Å²) in [4.78, 5) is 7.69. The Morgan fingerprint density at radius 2 is 1.38 bits per heavy atom. The van der Waals surface area contributed by atoms with Crippen molar-refractivity contribution in [3.8, 4) is 11.3 Å². The van der Waals surface area contributed by atoms with Crippen LogP contribution in [-0.4, -0.2) is 29.5 Å². The Labute approximate surface area is 216 Å². The van der Waals surface area contributed by atoms with Crippen LogP contribution in [0.25, 0.3) is 11.3 Å². The summed E-state index contributed by atoms with van der Waals surface area (Å²) in [5.74, 6) is 0.641. The second-order valence-corrected chi connectivity index (χ2v) is 12.8. The molecule has 3 heteroatoms. The second kappa shape index (κ2) is 14.4. The van der Waals surface area contributed by atoms with Crippen LogP contribution in [0.5, 0.6) is 0 Å². The minimum atomic E-state index is 0.129. The van der Waals surface area contributed by atoms with Gasteiger partial charge in [-0.3, -0.25) is 0 Å². The lowest BCUT2D eigenvalue weighted by atomic mass is 9.74. The number of likely N-dealkylation sites (tertiary alicyclic amines) is 1. The van der Waals surface area contributed by atoms with Gasteiger partial charge in [0.2, 0.25) is 0 Å². The fourth-order valence-electron chi connectivity index (χ4n) is 4.31. The summed E-state index contributed by atoms with van der Waals surface area (Å²) in [5.41, 5.74) is 5.60. The van der Waals surface area contributed by atoms with E-state index >= 15 is 0 Å². The highest BCUT2D eigenvalue weighted by molar-refractivity contribution is 7.10. The van der Waals surface area contributed by atoms with Crippen LogP contribution in [0.15, 0.2) is 23.6 Å². The molecule has 0 aliphatic carbocycles. The Kier molecular flexibility index (Phi) is 13.1. The second-order valence-electron chi connectivity index (χ2n) is 11.9. The summed E-state index contributed by atoms with van der Waals surface area (Å²) in [5, 5.41) is 3.61. The van der Waals surface area contributed by atoms with E-state index in [0.29, 0.717) is 5.92 Å². The Morgan fingerprint density at radius 3 is 1.85 bits per heavy atom. The third kappa shape index (κ3) is 9.46. The molecule has 0 bridgehead atoms. The van der Waals surface area contributed by atoms with Crippen molar-refractivity contribution in [2.45, 2.75) is 125 Å². The number of piperidine rings is 1. The van der Waals surface area contributed by atoms with Gasteiger partial charge in [-0.05, 0) is 66.9 Å². The average Bonchev–Trinajstić information content (AvgIpc) is 3.24. The molecule has 0 radical (unpaired) electrons. The van der Waals surface area contributed by atoms with Gasteiger partial charge in [-0.15, -0.1) is 11.3 Å². The van der Waals surface area contributed by atoms with Crippen molar-refractivity contribution in [2.75, 3.05) is 19.6 Å². The van der Waals surface area contributed by atoms with Crippen LogP contribution in [0.4, 0.5) is 0 Å². The van der Waals surface area contributed by atoms with Crippen molar-refractivity contribution in [1.29, 1.82) is 0 Å². The summed E-state index contributed by atoms with van der Waals surface area (Å²) in [6.45, 7) is 28.3. The lowest BCUT2D eigenvalue weighted by Gasteiger charge is -2.31. The molecule has 34 heavy (non-hydrogen) atoms. The normalized spacial score (nSPS) is 15.3. The summed E-state index contributed by atoms with van der Waals surface area (Å²) < 4.78 is 0. The van der Waals surface area contributed by atoms with E-state index in [2.05, 4.69) is 105 Å². The van der Waals surface area contributed by atoms with Gasteiger partial charge in [-0.2, -0.15) is 0 Å². The molecule has 0 amide bonds. The van der Waals surface area contributed by atoms with Crippen LogP contribution >= 0.6 is 11.3 Å². The topological polar surface area (TPSA) is 16.1 Å². The van der Waals surface area contributed by atoms with Crippen LogP contribution in [0.2, 0.25) is 0 Å². The quantitative estimate of drug-likeness (QED) is 0.427. The van der Waals surface area contributed by atoms with Gasteiger partial charge in [0.15, 0.2) is 0 Å². The Bertz CT molecular complexity index is 813. The third-order valence-corrected chi connectivity index (χ3v) is 6.94. The lowest BCUT2D eigenvalue weighted by Crippen LogP contribution is -2.33. The van der Waals surface area contributed by atoms with E-state index in [1.807, 2.05) is 11.3 Å². The predicted octanol–water partition coefficient (Wildman–Crippen LogP) is 9.83. The summed E-state index contributed by atoms with van der Waals surface area (Å²) in [7, 11) is 0. The van der Waals surface area contributed by atoms with E-state index in [1.54, 1.807) is 0 Å². The van der Waals surface area contributed by atoms with E-state index in [1.165, 1.54) is 73.4 Å². The number of rotatable bonds is 4. The molecule has 0 atom stereocenters. The molecule has 1 aromatic carbocycles. The molecule has 1 saturated heterocycles. The van der Waals surface area contributed by atoms with Crippen molar-refractivity contribution < 1.29 is 0 Å². The molecule has 0 spiro atoms. The van der Waals surface area contributed by atoms with Crippen LogP contribution in [0, 0.1) is 0 Å². The first-order valence-electron chi connectivity index (χ1n) is 13.8. The van der Waals surface area contributed by atoms with Crippen molar-refractivity contribution in [3.05, 3.63) is 39.7 Å². The number of hydrogen-bond donors (Lipinski definition) is 0. The summed E-state index contributed by atoms with van der Waals surface area (Å²) >= 11 is 1.86. The molecule has 2 aromatic rings. The van der Waals surface area contributed by atoms with Crippen molar-refractivity contribution in [3.63, 3.8) is 0 Å². The maximum atomic E-state index is 5.09. The van der Waals surface area contributed by atoms with Crippen molar-refractivity contribution in [2.24, 2.45) is 0 Å². The number of nitrogens with zero attached hydrogens (tertiary/aromatic N) is 2. The first kappa shape index (κ1) is 30.8. The Morgan fingerprint density at radius 1 is 0.853 bits per heavy atom. The number of thiazole rings is 1. The molecule has 0 saturated carbocycles. The molecular formula is C31H54N2S. The molecule has 1 aliphatic rings. The molecule has 194 valence electrons. The largest absolute Gasteiger partial charge is 0.303 e. The zero-order valence-corrected chi connectivity index (χ0v) is 25.2. The Balaban J connectivity index is 0.000000872. The van der Waals surface area contributed by atoms with E-state index in [0.717, 1.165) is 5.69 Å². The van der Waals surface area contributed by atoms with Gasteiger partial charge in [0, 0.05) is 16.9 Å². The smallest absolute Gasteiger partial charge is 0.0964 e. The summed E-state index contributed by atoms with van der Waals surface area (Å²) in [6.07, 6.45) is 6.26. The van der Waals surface area contributed by atoms with Gasteiger partial charge in [0.05, 0.1) is 10.7 Å². The zero-order valence-electron chi connectivity index (χ0n) is 24.3. The fraction of sp³-hybridized carbons (Fsp3) is 0.710. The third-order valence-electron chi connectivity index (χ3n) is 5.93. The van der Waals surface area contributed by atoms with Crippen LogP contribution in [0.3, 0.4) is 0 Å². The van der Waals surface area contributed by atoms with Crippen molar-refractivity contribution in [1.82, 2.24) is 9.88 Å². The minimum absolute atomic E-state index is 0.129. The van der Waals surface area contributed by atoms with E-state index in [9.17, 15) is 0 Å². The highest BCUT2D eigenvalue weighted by atomic mass is 32.1. The molecule has 1 aromatic heterocycles. The van der Waals surface area contributed by atoms with Gasteiger partial charge in [-0.25, -0.2) is 4.98 Å². The molecule has 2 nitrogen and oxygen atoms in total. The van der Waals surface area contributed by atoms with E-state index in [-0.39, 0.29) is 10.8 Å². The van der Waals surface area contributed by atoms with E-state index < -0.39 is 0 Å². The first-order valence-corrected chi connectivity index (χ1v) is 14.6. The first-order chi connectivity index (χ1) is 15.9. The van der Waals surface area contributed by atoms with Gasteiger partial charge in [-0.1, -0.05) is 101 Å². The molecule has 0 N–H and O–H groups in total. The number of benzene rings is 1. The van der Waals surface area contributed by atoms with Gasteiger partial charge in [0.25, 0.3) is 0 Å². The lowest BCUT2D eigenvalue weighted by molar-refractivity contribution is 0.212. The molecule has 1 fully saturated rings. The van der Waals surface area contributed by atoms with Gasteiger partial charge in [0.1, 0.15) is 0 Å². The minimum Gasteiger partial charge on any atom is -0.303 e. The number of hydrogen-bond acceptors (Lipinski definition) is 3. The SMILES string of the molecule is CCC.CCC.CCCN1CCC(c2nc(-c3ccc(C(C)(C)C)c(C(C)(C)C)c3)cs2)CC1. The average molecular weight is 487 g/mol. The monoisotopic (exact) mass is 486 g/mol. The van der Waals surface area contributed by atoms with Crippen LogP contribution < -0.4 is 0 Å². The Hall–Kier alpha value is -1.19. The standard InChI is InChI=1S/C25H38N2S.2C3H8/c1-8-13-27-14-11-18(12-15-27)23-26-22(17-28-23)19-9-10-20(24(2,3)4)21(16-19)25(5,6)7;2*1-3-2/h9-10,16-18H,8,11-15H2,1-7H3;2*3H2,1-2H3. The van der Waals surface area contributed by atoms with E-state index in [4.69, 9.17) is 4.98 Å². The van der Waals surface area contributed by atoms with Crippen molar-refractivity contribution >= 4 is 11.3 Å². The maximum absolute atomic E-state index is 5.09. The highest BCUT2D eigenvalue weighted by Gasteiger charge is 2.26. The molecule has 3 rings (SSSR count). The molecule has 0 unspecified atom stereocenters. The zero-order chi connectivity index (χ0) is 25.9. The van der Waals surface area contributed by atoms with Crippen LogP contribution in [-0.2, 0) is 10.8 Å². The summed E-state index contributed by atoms with van der Waals surface area (Å²) in [6, 6.07) is 7.00. The molecular weight excluding hydrogens is 432 g/mol. The fourth-order valence-corrected chi connectivity index (χ4v) is 5.31. The maximum Gasteiger partial charge on any atom is 0.0964 e. The van der Waals surface area contributed by atoms with Crippen LogP contribution in [0.1, 0.15) is 130 Å². The molecule has 2 heterocycles. The highest BCUT2D eigenvalue weighted by Crippen LogP contribution is 2.38. The number of aromatic nitrogens is 1. The predicted molar refractivity (Wildman–Crippen MR) is 156 cm³/mol. The van der Waals surface area contributed by atoms with Gasteiger partial charge < -0.3 is 4.90 Å².